The van der Waals surface area contributed by atoms with Crippen LogP contribution in [-0.4, -0.2) is 12.0 Å². The normalized spacial score (nSPS) is 12.7. The van der Waals surface area contributed by atoms with Crippen molar-refractivity contribution in [2.75, 3.05) is 7.05 Å². The van der Waals surface area contributed by atoms with Gasteiger partial charge in [0.15, 0.2) is 0 Å². The van der Waals surface area contributed by atoms with Crippen molar-refractivity contribution in [1.29, 1.82) is 0 Å². The monoisotopic (exact) mass is 380 g/mol. The second-order valence-electron chi connectivity index (χ2n) is 4.36. The molecule has 1 N–H and O–H groups in total. The van der Waals surface area contributed by atoms with Crippen LogP contribution in [0.2, 0.25) is 0 Å². The summed E-state index contributed by atoms with van der Waals surface area (Å²) in [6, 6.07) is 10.8. The molecule has 0 aliphatic rings. The zero-order chi connectivity index (χ0) is 13.2. The van der Waals surface area contributed by atoms with Crippen LogP contribution >= 0.6 is 33.9 Å². The van der Waals surface area contributed by atoms with Gasteiger partial charge < -0.3 is 5.32 Å². The van der Waals surface area contributed by atoms with E-state index in [2.05, 4.69) is 68.6 Å². The molecular weight excluding hydrogens is 367 g/mol. The molecule has 2 heterocycles. The smallest absolute Gasteiger partial charge is 0.0656 e. The van der Waals surface area contributed by atoms with Crippen molar-refractivity contribution in [1.82, 2.24) is 10.3 Å². The Morgan fingerprint density at radius 3 is 2.84 bits per heavy atom. The molecule has 2 aromatic heterocycles. The minimum atomic E-state index is 0.193. The topological polar surface area (TPSA) is 24.9 Å². The molecule has 0 amide bonds. The van der Waals surface area contributed by atoms with Crippen molar-refractivity contribution >= 4 is 44.7 Å². The van der Waals surface area contributed by atoms with Gasteiger partial charge >= 0.3 is 0 Å². The average molecular weight is 380 g/mol. The number of nitrogens with one attached hydrogen (secondary N) is 1. The molecule has 0 aliphatic carbocycles. The predicted molar refractivity (Wildman–Crippen MR) is 89.7 cm³/mol. The summed E-state index contributed by atoms with van der Waals surface area (Å²) in [7, 11) is 2.00. The number of aromatic nitrogens is 1. The van der Waals surface area contributed by atoms with Gasteiger partial charge in [-0.2, -0.15) is 0 Å². The van der Waals surface area contributed by atoms with E-state index in [4.69, 9.17) is 0 Å². The van der Waals surface area contributed by atoms with E-state index < -0.39 is 0 Å². The molecule has 2 nitrogen and oxygen atoms in total. The van der Waals surface area contributed by atoms with Gasteiger partial charge in [-0.3, -0.25) is 4.98 Å². The van der Waals surface area contributed by atoms with Gasteiger partial charge in [0, 0.05) is 17.8 Å². The molecule has 1 unspecified atom stereocenters. The summed E-state index contributed by atoms with van der Waals surface area (Å²) >= 11 is 4.14. The standard InChI is InChI=1S/C15H13IN2S/c1-17-15(11-6-14(16)19-9-11)13-8-18-7-10-4-2-3-5-12(10)13/h2-9,15,17H,1H3. The molecule has 3 aromatic rings. The van der Waals surface area contributed by atoms with Crippen LogP contribution in [0.15, 0.2) is 48.1 Å². The lowest BCUT2D eigenvalue weighted by Gasteiger charge is -2.17. The maximum atomic E-state index is 4.38. The van der Waals surface area contributed by atoms with Gasteiger partial charge in [-0.1, -0.05) is 24.3 Å². The maximum Gasteiger partial charge on any atom is 0.0656 e. The third kappa shape index (κ3) is 2.52. The number of thiophene rings is 1. The number of pyridine rings is 1. The summed E-state index contributed by atoms with van der Waals surface area (Å²) in [4.78, 5) is 4.38. The maximum absolute atomic E-state index is 4.38. The van der Waals surface area contributed by atoms with Gasteiger partial charge in [0.1, 0.15) is 0 Å². The Morgan fingerprint density at radius 1 is 1.26 bits per heavy atom. The van der Waals surface area contributed by atoms with Crippen LogP contribution in [0, 0.1) is 2.88 Å². The largest absolute Gasteiger partial charge is 0.309 e. The van der Waals surface area contributed by atoms with Crippen LogP contribution < -0.4 is 5.32 Å². The Balaban J connectivity index is 2.16. The first-order valence-corrected chi connectivity index (χ1v) is 7.99. The molecule has 0 fully saturated rings. The summed E-state index contributed by atoms with van der Waals surface area (Å²) in [5.41, 5.74) is 2.53. The van der Waals surface area contributed by atoms with Crippen LogP contribution in [0.1, 0.15) is 17.2 Å². The zero-order valence-corrected chi connectivity index (χ0v) is 13.4. The SMILES string of the molecule is CNC(c1csc(I)c1)c1cncc2ccccc12. The lowest BCUT2D eigenvalue weighted by atomic mass is 9.98. The van der Waals surface area contributed by atoms with Gasteiger partial charge in [-0.25, -0.2) is 0 Å². The second-order valence-corrected chi connectivity index (χ2v) is 7.16. The fourth-order valence-electron chi connectivity index (χ4n) is 2.35. The van der Waals surface area contributed by atoms with Gasteiger partial charge in [-0.15, -0.1) is 11.3 Å². The second kappa shape index (κ2) is 5.56. The minimum Gasteiger partial charge on any atom is -0.309 e. The number of nitrogens with zero attached hydrogens (tertiary/aromatic N) is 1. The number of rotatable bonds is 3. The van der Waals surface area contributed by atoms with E-state index in [1.165, 1.54) is 24.8 Å². The molecular formula is C15H13IN2S. The summed E-state index contributed by atoms with van der Waals surface area (Å²) in [6.07, 6.45) is 3.89. The summed E-state index contributed by atoms with van der Waals surface area (Å²) in [6.45, 7) is 0. The van der Waals surface area contributed by atoms with Gasteiger partial charge in [0.2, 0.25) is 0 Å². The molecule has 19 heavy (non-hydrogen) atoms. The lowest BCUT2D eigenvalue weighted by Crippen LogP contribution is -2.17. The Kier molecular flexibility index (Phi) is 3.81. The van der Waals surface area contributed by atoms with Crippen molar-refractivity contribution in [2.45, 2.75) is 6.04 Å². The molecule has 0 radical (unpaired) electrons. The van der Waals surface area contributed by atoms with Crippen molar-refractivity contribution < 1.29 is 0 Å². The highest BCUT2D eigenvalue weighted by atomic mass is 127. The van der Waals surface area contributed by atoms with Crippen LogP contribution in [0.3, 0.4) is 0 Å². The number of benzene rings is 1. The van der Waals surface area contributed by atoms with Crippen molar-refractivity contribution in [3.05, 3.63) is 62.1 Å². The van der Waals surface area contributed by atoms with Crippen molar-refractivity contribution in [3.8, 4) is 0 Å². The number of fused-ring (bicyclic) bond motifs is 1. The fourth-order valence-corrected chi connectivity index (χ4v) is 3.74. The van der Waals surface area contributed by atoms with Crippen LogP contribution in [0.4, 0.5) is 0 Å². The lowest BCUT2D eigenvalue weighted by molar-refractivity contribution is 0.696. The molecule has 96 valence electrons. The predicted octanol–water partition coefficient (Wildman–Crippen LogP) is 4.21. The molecule has 1 atom stereocenters. The Morgan fingerprint density at radius 2 is 2.11 bits per heavy atom. The van der Waals surface area contributed by atoms with Gasteiger partial charge in [-0.05, 0) is 57.6 Å². The van der Waals surface area contributed by atoms with Crippen LogP contribution in [0.5, 0.6) is 0 Å². The number of hydrogen-bond acceptors (Lipinski definition) is 3. The van der Waals surface area contributed by atoms with E-state index in [1.54, 1.807) is 11.3 Å². The first kappa shape index (κ1) is 13.0. The Bertz CT molecular complexity index is 703. The highest BCUT2D eigenvalue weighted by molar-refractivity contribution is 14.1. The van der Waals surface area contributed by atoms with E-state index in [9.17, 15) is 0 Å². The van der Waals surface area contributed by atoms with Gasteiger partial charge in [0.05, 0.1) is 8.93 Å². The van der Waals surface area contributed by atoms with Gasteiger partial charge in [0.25, 0.3) is 0 Å². The number of halogens is 1. The average Bonchev–Trinajstić information content (AvgIpc) is 2.86. The van der Waals surface area contributed by atoms with E-state index >= 15 is 0 Å². The van der Waals surface area contributed by atoms with E-state index in [-0.39, 0.29) is 6.04 Å². The Labute approximate surface area is 130 Å². The third-order valence-corrected chi connectivity index (χ3v) is 5.03. The Hall–Kier alpha value is -0.980. The molecule has 0 spiro atoms. The number of hydrogen-bond donors (Lipinski definition) is 1. The van der Waals surface area contributed by atoms with Crippen LogP contribution in [0.25, 0.3) is 10.8 Å². The summed E-state index contributed by atoms with van der Waals surface area (Å²) in [5, 5.41) is 8.06. The van der Waals surface area contributed by atoms with E-state index in [1.807, 2.05) is 19.4 Å². The quantitative estimate of drug-likeness (QED) is 0.689. The highest BCUT2D eigenvalue weighted by Crippen LogP contribution is 2.30. The van der Waals surface area contributed by atoms with Crippen molar-refractivity contribution in [3.63, 3.8) is 0 Å². The highest BCUT2D eigenvalue weighted by Gasteiger charge is 2.16. The molecule has 0 aliphatic heterocycles. The molecule has 3 rings (SSSR count). The molecule has 4 heteroatoms. The summed E-state index contributed by atoms with van der Waals surface area (Å²) in [5.74, 6) is 0. The molecule has 0 saturated heterocycles. The van der Waals surface area contributed by atoms with Crippen molar-refractivity contribution in [2.24, 2.45) is 0 Å². The van der Waals surface area contributed by atoms with E-state index in [0.717, 1.165) is 0 Å². The summed E-state index contributed by atoms with van der Waals surface area (Å²) < 4.78 is 1.31. The zero-order valence-electron chi connectivity index (χ0n) is 10.4. The fraction of sp³-hybridized carbons (Fsp3) is 0.133. The third-order valence-electron chi connectivity index (χ3n) is 3.22. The molecule has 0 saturated carbocycles. The molecule has 0 bridgehead atoms. The first-order chi connectivity index (χ1) is 9.29. The minimum absolute atomic E-state index is 0.193. The molecule has 1 aromatic carbocycles. The first-order valence-electron chi connectivity index (χ1n) is 6.03. The van der Waals surface area contributed by atoms with Crippen LogP contribution in [-0.2, 0) is 0 Å². The van der Waals surface area contributed by atoms with E-state index in [0.29, 0.717) is 0 Å².